The minimum atomic E-state index is 0.142. The van der Waals surface area contributed by atoms with Crippen molar-refractivity contribution in [2.45, 2.75) is 175 Å². The summed E-state index contributed by atoms with van der Waals surface area (Å²) in [6.07, 6.45) is 35.0. The highest BCUT2D eigenvalue weighted by molar-refractivity contribution is 4.97. The van der Waals surface area contributed by atoms with E-state index in [1.165, 1.54) is 153 Å². The van der Waals surface area contributed by atoms with Crippen LogP contribution < -0.4 is 0 Å². The Morgan fingerprint density at radius 3 is 1.07 bits per heavy atom. The first kappa shape index (κ1) is 45.5. The SMILES string of the molecule is CCCCCCCCCCCC=C(C)N(CCO)CCO.CCCCCCCCCCCCCCCCN(CCO)CCO. The van der Waals surface area contributed by atoms with Crippen LogP contribution in [0, 0.1) is 0 Å². The molecule has 0 unspecified atom stereocenters. The molecule has 0 aliphatic rings. The predicted molar refractivity (Wildman–Crippen MR) is 192 cm³/mol. The topological polar surface area (TPSA) is 87.4 Å². The number of aliphatic hydroxyl groups excluding tert-OH is 4. The Labute approximate surface area is 275 Å². The van der Waals surface area contributed by atoms with Crippen LogP contribution in [0.4, 0.5) is 0 Å². The molecule has 6 nitrogen and oxygen atoms in total. The van der Waals surface area contributed by atoms with Crippen molar-refractivity contribution in [3.05, 3.63) is 11.8 Å². The van der Waals surface area contributed by atoms with Gasteiger partial charge in [-0.05, 0) is 32.7 Å². The Morgan fingerprint density at radius 1 is 0.409 bits per heavy atom. The summed E-state index contributed by atoms with van der Waals surface area (Å²) < 4.78 is 0. The van der Waals surface area contributed by atoms with Crippen molar-refractivity contribution < 1.29 is 20.4 Å². The van der Waals surface area contributed by atoms with Crippen molar-refractivity contribution in [3.8, 4) is 0 Å². The van der Waals surface area contributed by atoms with Gasteiger partial charge in [0.25, 0.3) is 0 Å². The van der Waals surface area contributed by atoms with E-state index in [1.54, 1.807) is 0 Å². The van der Waals surface area contributed by atoms with Gasteiger partial charge in [0.05, 0.1) is 26.4 Å². The largest absolute Gasteiger partial charge is 0.395 e. The van der Waals surface area contributed by atoms with E-state index in [0.29, 0.717) is 26.2 Å². The highest BCUT2D eigenvalue weighted by Gasteiger charge is 2.04. The average molecular weight is 629 g/mol. The maximum absolute atomic E-state index is 9.01. The molecule has 0 aliphatic heterocycles. The maximum Gasteiger partial charge on any atom is 0.0606 e. The highest BCUT2D eigenvalue weighted by Crippen LogP contribution is 2.14. The van der Waals surface area contributed by atoms with E-state index in [1.807, 2.05) is 4.90 Å². The maximum atomic E-state index is 9.01. The number of rotatable bonds is 34. The van der Waals surface area contributed by atoms with E-state index >= 15 is 0 Å². The summed E-state index contributed by atoms with van der Waals surface area (Å²) in [5.41, 5.74) is 1.18. The molecule has 0 aromatic heterocycles. The van der Waals surface area contributed by atoms with Crippen LogP contribution in [0.5, 0.6) is 0 Å². The molecule has 0 heterocycles. The first-order valence-electron chi connectivity index (χ1n) is 19.2. The summed E-state index contributed by atoms with van der Waals surface area (Å²) in [6.45, 7) is 10.9. The zero-order chi connectivity index (χ0) is 32.8. The van der Waals surface area contributed by atoms with Crippen LogP contribution in [0.15, 0.2) is 11.8 Å². The van der Waals surface area contributed by atoms with E-state index in [4.69, 9.17) is 20.4 Å². The fourth-order valence-corrected chi connectivity index (χ4v) is 5.75. The molecule has 0 spiro atoms. The molecule has 0 bridgehead atoms. The number of hydrogen-bond acceptors (Lipinski definition) is 6. The van der Waals surface area contributed by atoms with Crippen LogP contribution in [0.25, 0.3) is 0 Å². The van der Waals surface area contributed by atoms with Gasteiger partial charge in [-0.1, -0.05) is 155 Å². The second-order valence-corrected chi connectivity index (χ2v) is 12.8. The van der Waals surface area contributed by atoms with Crippen LogP contribution in [-0.2, 0) is 0 Å². The molecule has 0 aliphatic carbocycles. The molecule has 266 valence electrons. The predicted octanol–water partition coefficient (Wildman–Crippen LogP) is 8.85. The smallest absolute Gasteiger partial charge is 0.0606 e. The van der Waals surface area contributed by atoms with E-state index in [9.17, 15) is 0 Å². The molecule has 0 saturated heterocycles. The first-order chi connectivity index (χ1) is 21.6. The quantitative estimate of drug-likeness (QED) is 0.0533. The summed E-state index contributed by atoms with van der Waals surface area (Å²) in [7, 11) is 0. The van der Waals surface area contributed by atoms with Gasteiger partial charge in [-0.3, -0.25) is 4.90 Å². The van der Waals surface area contributed by atoms with Gasteiger partial charge in [0, 0.05) is 31.9 Å². The highest BCUT2D eigenvalue weighted by atomic mass is 16.3. The second kappa shape index (κ2) is 40.4. The number of nitrogens with zero attached hydrogens (tertiary/aromatic N) is 2. The van der Waals surface area contributed by atoms with Crippen molar-refractivity contribution in [1.82, 2.24) is 9.80 Å². The lowest BCUT2D eigenvalue weighted by Gasteiger charge is -2.23. The summed E-state index contributed by atoms with van der Waals surface area (Å²) >= 11 is 0. The fraction of sp³-hybridized carbons (Fsp3) is 0.947. The lowest BCUT2D eigenvalue weighted by Crippen LogP contribution is -2.30. The molecule has 0 aromatic rings. The van der Waals surface area contributed by atoms with E-state index in [0.717, 1.165) is 13.0 Å². The van der Waals surface area contributed by atoms with Gasteiger partial charge >= 0.3 is 0 Å². The Balaban J connectivity index is 0. The molecule has 44 heavy (non-hydrogen) atoms. The van der Waals surface area contributed by atoms with Crippen molar-refractivity contribution in [1.29, 1.82) is 0 Å². The molecule has 4 N–H and O–H groups in total. The lowest BCUT2D eigenvalue weighted by molar-refractivity contribution is 0.159. The minimum absolute atomic E-state index is 0.142. The third-order valence-electron chi connectivity index (χ3n) is 8.65. The van der Waals surface area contributed by atoms with Gasteiger partial charge in [-0.25, -0.2) is 0 Å². The van der Waals surface area contributed by atoms with Crippen molar-refractivity contribution in [2.75, 3.05) is 59.2 Å². The van der Waals surface area contributed by atoms with E-state index in [-0.39, 0.29) is 26.4 Å². The molecule has 0 amide bonds. The lowest BCUT2D eigenvalue weighted by atomic mass is 10.0. The summed E-state index contributed by atoms with van der Waals surface area (Å²) in [4.78, 5) is 4.20. The molecule has 0 aromatic carbocycles. The summed E-state index contributed by atoms with van der Waals surface area (Å²) in [6, 6.07) is 0. The third kappa shape index (κ3) is 35.8. The molecular formula is C38H80N2O4. The number of aliphatic hydroxyl groups is 4. The first-order valence-corrected chi connectivity index (χ1v) is 19.2. The van der Waals surface area contributed by atoms with Crippen LogP contribution >= 0.6 is 0 Å². The zero-order valence-electron chi connectivity index (χ0n) is 30.1. The van der Waals surface area contributed by atoms with E-state index < -0.39 is 0 Å². The van der Waals surface area contributed by atoms with E-state index in [2.05, 4.69) is 31.7 Å². The molecule has 0 rings (SSSR count). The van der Waals surface area contributed by atoms with Gasteiger partial charge < -0.3 is 25.3 Å². The molecule has 0 fully saturated rings. The Bertz CT molecular complexity index is 535. The van der Waals surface area contributed by atoms with Gasteiger partial charge in [-0.15, -0.1) is 0 Å². The van der Waals surface area contributed by atoms with Gasteiger partial charge in [0.15, 0.2) is 0 Å². The normalized spacial score (nSPS) is 11.7. The number of allylic oxidation sites excluding steroid dienone is 2. The standard InChI is InChI=1S/C20H43NO2.C18H37NO2/c1-2-3-4-5-6-7-8-9-10-11-12-13-14-15-16-21(17-19-22)18-20-23;1-3-4-5-6-7-8-9-10-11-12-13-18(2)19(14-16-20)15-17-21/h22-23H,2-20H2,1H3;13,20-21H,3-12,14-17H2,1-2H3. The second-order valence-electron chi connectivity index (χ2n) is 12.8. The molecule has 0 saturated carbocycles. The van der Waals surface area contributed by atoms with Crippen molar-refractivity contribution >= 4 is 0 Å². The third-order valence-corrected chi connectivity index (χ3v) is 8.65. The van der Waals surface area contributed by atoms with Crippen LogP contribution in [0.1, 0.15) is 175 Å². The fourth-order valence-electron chi connectivity index (χ4n) is 5.75. The molecule has 0 radical (unpaired) electrons. The van der Waals surface area contributed by atoms with Crippen molar-refractivity contribution in [3.63, 3.8) is 0 Å². The zero-order valence-corrected chi connectivity index (χ0v) is 30.1. The molecule has 6 heteroatoms. The Hall–Kier alpha value is -0.660. The number of hydrogen-bond donors (Lipinski definition) is 4. The van der Waals surface area contributed by atoms with Gasteiger partial charge in [0.1, 0.15) is 0 Å². The number of unbranched alkanes of at least 4 members (excludes halogenated alkanes) is 22. The summed E-state index contributed by atoms with van der Waals surface area (Å²) in [5.74, 6) is 0. The Kier molecular flexibility index (Phi) is 41.7. The van der Waals surface area contributed by atoms with Gasteiger partial charge in [0.2, 0.25) is 0 Å². The minimum Gasteiger partial charge on any atom is -0.395 e. The van der Waals surface area contributed by atoms with Crippen LogP contribution in [-0.4, -0.2) is 89.4 Å². The van der Waals surface area contributed by atoms with Crippen molar-refractivity contribution in [2.24, 2.45) is 0 Å². The Morgan fingerprint density at radius 2 is 0.727 bits per heavy atom. The monoisotopic (exact) mass is 629 g/mol. The molecule has 0 atom stereocenters. The van der Waals surface area contributed by atoms with Crippen LogP contribution in [0.2, 0.25) is 0 Å². The average Bonchev–Trinajstić information content (AvgIpc) is 3.02. The van der Waals surface area contributed by atoms with Gasteiger partial charge in [-0.2, -0.15) is 0 Å². The molecular weight excluding hydrogens is 548 g/mol. The summed E-state index contributed by atoms with van der Waals surface area (Å²) in [5, 5.41) is 35.9. The van der Waals surface area contributed by atoms with Crippen LogP contribution in [0.3, 0.4) is 0 Å².